The minimum absolute atomic E-state index is 0.468. The number of benzene rings is 2. The Balaban J connectivity index is 2.55. The minimum atomic E-state index is -5.00. The summed E-state index contributed by atoms with van der Waals surface area (Å²) in [6.45, 7) is 0. The van der Waals surface area contributed by atoms with E-state index in [1.54, 1.807) is 0 Å². The first-order valence-electron chi connectivity index (χ1n) is 6.30. The summed E-state index contributed by atoms with van der Waals surface area (Å²) in [5.74, 6) is -0.772. The van der Waals surface area contributed by atoms with Gasteiger partial charge in [-0.25, -0.2) is 17.2 Å². The largest absolute Gasteiger partial charge is 0.416 e. The van der Waals surface area contributed by atoms with E-state index in [-0.39, 0.29) is 0 Å². The fourth-order valence-corrected chi connectivity index (χ4v) is 3.32. The van der Waals surface area contributed by atoms with Crippen molar-refractivity contribution in [3.8, 4) is 6.07 Å². The molecule has 24 heavy (non-hydrogen) atoms. The Bertz CT molecular complexity index is 883. The summed E-state index contributed by atoms with van der Waals surface area (Å²) in [5, 5.41) is 5.44. The van der Waals surface area contributed by atoms with Crippen molar-refractivity contribution in [2.24, 2.45) is 0 Å². The van der Waals surface area contributed by atoms with Gasteiger partial charge in [-0.1, -0.05) is 12.1 Å². The second kappa shape index (κ2) is 5.87. The van der Waals surface area contributed by atoms with Gasteiger partial charge in [-0.2, -0.15) is 18.4 Å². The molecule has 0 spiro atoms. The molecule has 0 amide bonds. The van der Waals surface area contributed by atoms with Gasteiger partial charge in [0.15, 0.2) is 0 Å². The lowest BCUT2D eigenvalue weighted by molar-refractivity contribution is -0.137. The first kappa shape index (κ1) is 17.9. The molecular formula is C15H8F5NO2S. The molecule has 1 unspecified atom stereocenters. The van der Waals surface area contributed by atoms with E-state index >= 15 is 0 Å². The molecular weight excluding hydrogens is 353 g/mol. The normalized spacial score (nSPS) is 14.7. The van der Waals surface area contributed by atoms with Gasteiger partial charge in [-0.3, -0.25) is 0 Å². The number of halogens is 5. The number of nitrogens with zero attached hydrogens (tertiary/aromatic N) is 1. The highest BCUT2D eigenvalue weighted by atomic mass is 32.2. The summed E-state index contributed by atoms with van der Waals surface area (Å²) in [6.07, 6.45) is -4.69. The van der Waals surface area contributed by atoms with Gasteiger partial charge in [-0.05, 0) is 36.4 Å². The molecule has 0 radical (unpaired) electrons. The van der Waals surface area contributed by atoms with E-state index in [0.717, 1.165) is 30.3 Å². The van der Waals surface area contributed by atoms with Crippen LogP contribution in [0.4, 0.5) is 22.0 Å². The van der Waals surface area contributed by atoms with Crippen LogP contribution in [0.5, 0.6) is 0 Å². The van der Waals surface area contributed by atoms with E-state index in [1.165, 1.54) is 0 Å². The fourth-order valence-electron chi connectivity index (χ4n) is 1.93. The molecule has 126 valence electrons. The first-order valence-corrected chi connectivity index (χ1v) is 7.79. The van der Waals surface area contributed by atoms with Crippen molar-refractivity contribution in [2.75, 3.05) is 0 Å². The van der Waals surface area contributed by atoms with Gasteiger partial charge in [-0.15, -0.1) is 0 Å². The summed E-state index contributed by atoms with van der Waals surface area (Å²) < 4.78 is 90.0. The number of hydrogen-bond acceptors (Lipinski definition) is 3. The Labute approximate surface area is 133 Å². The van der Waals surface area contributed by atoms with Crippen LogP contribution in [0, 0.1) is 17.1 Å². The van der Waals surface area contributed by atoms with Crippen LogP contribution in [0.3, 0.4) is 0 Å². The average Bonchev–Trinajstić information content (AvgIpc) is 2.54. The van der Waals surface area contributed by atoms with Gasteiger partial charge >= 0.3 is 11.2 Å². The lowest BCUT2D eigenvalue weighted by Crippen LogP contribution is -2.29. The second-order valence-corrected chi connectivity index (χ2v) is 6.78. The molecule has 2 aromatic rings. The Morgan fingerprint density at radius 2 is 1.29 bits per heavy atom. The topological polar surface area (TPSA) is 57.9 Å². The van der Waals surface area contributed by atoms with Crippen molar-refractivity contribution >= 4 is 9.84 Å². The molecule has 0 N–H and O–H groups in total. The Morgan fingerprint density at radius 1 is 0.833 bits per heavy atom. The van der Waals surface area contributed by atoms with E-state index < -0.39 is 42.9 Å². The Morgan fingerprint density at radius 3 is 1.71 bits per heavy atom. The molecule has 0 heterocycles. The van der Waals surface area contributed by atoms with Crippen LogP contribution < -0.4 is 0 Å². The van der Waals surface area contributed by atoms with E-state index in [4.69, 9.17) is 5.26 Å². The standard InChI is InChI=1S/C15H8F5NO2S/c16-12-5-1-10(2-6-12)14(17,9-21)24(22,23)13-7-3-11(4-8-13)15(18,19)20/h1-8H. The van der Waals surface area contributed by atoms with Crippen LogP contribution in [-0.2, 0) is 21.0 Å². The van der Waals surface area contributed by atoms with Gasteiger partial charge in [0.25, 0.3) is 0 Å². The zero-order chi connectivity index (χ0) is 18.2. The van der Waals surface area contributed by atoms with E-state index in [9.17, 15) is 30.4 Å². The maximum atomic E-state index is 14.9. The summed E-state index contributed by atoms with van der Waals surface area (Å²) >= 11 is 0. The van der Waals surface area contributed by atoms with E-state index in [1.807, 2.05) is 0 Å². The molecule has 1 atom stereocenters. The fraction of sp³-hybridized carbons (Fsp3) is 0.133. The zero-order valence-corrected chi connectivity index (χ0v) is 12.5. The molecule has 0 aliphatic carbocycles. The zero-order valence-electron chi connectivity index (χ0n) is 11.7. The number of alkyl halides is 4. The highest BCUT2D eigenvalue weighted by Crippen LogP contribution is 2.38. The second-order valence-electron chi connectivity index (χ2n) is 4.74. The van der Waals surface area contributed by atoms with Crippen LogP contribution in [-0.4, -0.2) is 8.42 Å². The highest BCUT2D eigenvalue weighted by molar-refractivity contribution is 7.92. The molecule has 0 saturated heterocycles. The average molecular weight is 361 g/mol. The Kier molecular flexibility index (Phi) is 4.37. The third kappa shape index (κ3) is 2.97. The third-order valence-electron chi connectivity index (χ3n) is 3.22. The number of hydrogen-bond donors (Lipinski definition) is 0. The van der Waals surface area contributed by atoms with Crippen molar-refractivity contribution in [1.82, 2.24) is 0 Å². The summed E-state index contributed by atoms with van der Waals surface area (Å²) in [7, 11) is -5.00. The molecule has 0 aliphatic heterocycles. The summed E-state index contributed by atoms with van der Waals surface area (Å²) in [5.41, 5.74) is -1.77. The van der Waals surface area contributed by atoms with Crippen LogP contribution in [0.25, 0.3) is 0 Å². The lowest BCUT2D eigenvalue weighted by Gasteiger charge is -2.19. The quantitative estimate of drug-likeness (QED) is 0.778. The minimum Gasteiger partial charge on any atom is -0.219 e. The summed E-state index contributed by atoms with van der Waals surface area (Å²) in [6, 6.07) is 6.15. The number of nitriles is 1. The predicted octanol–water partition coefficient (Wildman–Crippen LogP) is 3.96. The van der Waals surface area contributed by atoms with E-state index in [0.29, 0.717) is 24.3 Å². The van der Waals surface area contributed by atoms with Crippen LogP contribution in [0.2, 0.25) is 0 Å². The highest BCUT2D eigenvalue weighted by Gasteiger charge is 2.48. The van der Waals surface area contributed by atoms with Gasteiger partial charge < -0.3 is 0 Å². The van der Waals surface area contributed by atoms with Gasteiger partial charge in [0.05, 0.1) is 10.5 Å². The van der Waals surface area contributed by atoms with Gasteiger partial charge in [0.2, 0.25) is 9.84 Å². The van der Waals surface area contributed by atoms with Crippen molar-refractivity contribution in [3.63, 3.8) is 0 Å². The van der Waals surface area contributed by atoms with Crippen molar-refractivity contribution in [2.45, 2.75) is 16.1 Å². The maximum Gasteiger partial charge on any atom is 0.416 e. The van der Waals surface area contributed by atoms with E-state index in [2.05, 4.69) is 0 Å². The monoisotopic (exact) mass is 361 g/mol. The molecule has 0 saturated carbocycles. The van der Waals surface area contributed by atoms with Gasteiger partial charge in [0.1, 0.15) is 11.9 Å². The Hall–Kier alpha value is -2.47. The molecule has 0 aliphatic rings. The van der Waals surface area contributed by atoms with Crippen molar-refractivity contribution in [1.29, 1.82) is 5.26 Å². The lowest BCUT2D eigenvalue weighted by atomic mass is 10.1. The molecule has 2 rings (SSSR count). The number of sulfone groups is 1. The maximum absolute atomic E-state index is 14.9. The predicted molar refractivity (Wildman–Crippen MR) is 73.4 cm³/mol. The van der Waals surface area contributed by atoms with Gasteiger partial charge in [0, 0.05) is 5.56 Å². The molecule has 3 nitrogen and oxygen atoms in total. The van der Waals surface area contributed by atoms with Crippen LogP contribution in [0.1, 0.15) is 11.1 Å². The van der Waals surface area contributed by atoms with Crippen molar-refractivity contribution in [3.05, 3.63) is 65.5 Å². The van der Waals surface area contributed by atoms with Crippen LogP contribution in [0.15, 0.2) is 53.4 Å². The first-order chi connectivity index (χ1) is 11.0. The number of rotatable bonds is 3. The molecule has 0 fully saturated rings. The molecule has 2 aromatic carbocycles. The molecule has 9 heteroatoms. The summed E-state index contributed by atoms with van der Waals surface area (Å²) in [4.78, 5) is -0.802. The smallest absolute Gasteiger partial charge is 0.219 e. The molecule has 0 bridgehead atoms. The molecule has 0 aromatic heterocycles. The third-order valence-corrected chi connectivity index (χ3v) is 5.18. The SMILES string of the molecule is N#CC(F)(c1ccc(F)cc1)S(=O)(=O)c1ccc(C(F)(F)F)cc1. The van der Waals surface area contributed by atoms with Crippen LogP contribution >= 0.6 is 0 Å². The van der Waals surface area contributed by atoms with Crippen molar-refractivity contribution < 1.29 is 30.4 Å².